The van der Waals surface area contributed by atoms with Crippen molar-refractivity contribution >= 4 is 39.2 Å². The molecule has 1 aromatic carbocycles. The molecular formula is C13H13BrN4S. The normalized spacial score (nSPS) is 12.9. The summed E-state index contributed by atoms with van der Waals surface area (Å²) in [7, 11) is 0. The van der Waals surface area contributed by atoms with Gasteiger partial charge in [-0.3, -0.25) is 0 Å². The first-order chi connectivity index (χ1) is 9.15. The molecule has 1 unspecified atom stereocenters. The van der Waals surface area contributed by atoms with Crippen LogP contribution in [0.2, 0.25) is 0 Å². The number of rotatable bonds is 3. The number of imidazole rings is 2. The smallest absolute Gasteiger partial charge is 0.178 e. The first-order valence-electron chi connectivity index (χ1n) is 6.00. The number of benzene rings is 1. The number of halogens is 1. The van der Waals surface area contributed by atoms with Gasteiger partial charge in [0.15, 0.2) is 4.77 Å². The van der Waals surface area contributed by atoms with Gasteiger partial charge in [0.2, 0.25) is 0 Å². The first kappa shape index (κ1) is 12.6. The Balaban J connectivity index is 2.06. The molecule has 0 aliphatic carbocycles. The van der Waals surface area contributed by atoms with E-state index in [1.807, 2.05) is 24.7 Å². The number of aromatic nitrogens is 4. The Labute approximate surface area is 124 Å². The highest BCUT2D eigenvalue weighted by Crippen LogP contribution is 2.23. The average molecular weight is 337 g/mol. The van der Waals surface area contributed by atoms with Crippen molar-refractivity contribution in [3.63, 3.8) is 0 Å². The summed E-state index contributed by atoms with van der Waals surface area (Å²) in [6.07, 6.45) is 5.58. The van der Waals surface area contributed by atoms with Crippen LogP contribution < -0.4 is 0 Å². The second-order valence-electron chi connectivity index (χ2n) is 4.57. The van der Waals surface area contributed by atoms with E-state index in [0.717, 1.165) is 26.8 Å². The van der Waals surface area contributed by atoms with Gasteiger partial charge in [0, 0.05) is 23.4 Å². The Morgan fingerprint density at radius 1 is 1.47 bits per heavy atom. The van der Waals surface area contributed by atoms with Crippen molar-refractivity contribution in [2.75, 3.05) is 0 Å². The fraction of sp³-hybridized carbons (Fsp3) is 0.231. The molecule has 0 amide bonds. The van der Waals surface area contributed by atoms with E-state index in [0.29, 0.717) is 0 Å². The minimum absolute atomic E-state index is 0.254. The van der Waals surface area contributed by atoms with Crippen LogP contribution in [0.25, 0.3) is 11.0 Å². The molecule has 0 radical (unpaired) electrons. The Kier molecular flexibility index (Phi) is 3.28. The highest BCUT2D eigenvalue weighted by molar-refractivity contribution is 9.10. The van der Waals surface area contributed by atoms with Gasteiger partial charge >= 0.3 is 0 Å². The molecule has 2 aromatic heterocycles. The van der Waals surface area contributed by atoms with Crippen LogP contribution in [-0.4, -0.2) is 19.1 Å². The lowest BCUT2D eigenvalue weighted by Gasteiger charge is -2.15. The maximum Gasteiger partial charge on any atom is 0.178 e. The average Bonchev–Trinajstić information content (AvgIpc) is 2.95. The largest absolute Gasteiger partial charge is 0.335 e. The van der Waals surface area contributed by atoms with Crippen LogP contribution in [0, 0.1) is 4.77 Å². The molecule has 3 rings (SSSR count). The van der Waals surface area contributed by atoms with Gasteiger partial charge in [-0.2, -0.15) is 0 Å². The lowest BCUT2D eigenvalue weighted by atomic mass is 10.2. The van der Waals surface area contributed by atoms with Gasteiger partial charge < -0.3 is 14.1 Å². The number of nitrogens with zero attached hydrogens (tertiary/aromatic N) is 3. The number of H-pyrrole nitrogens is 1. The molecule has 0 saturated heterocycles. The van der Waals surface area contributed by atoms with Gasteiger partial charge in [-0.25, -0.2) is 4.98 Å². The molecule has 0 aliphatic rings. The molecule has 0 bridgehead atoms. The minimum atomic E-state index is 0.254. The number of aromatic amines is 1. The summed E-state index contributed by atoms with van der Waals surface area (Å²) in [5.74, 6) is 0. The van der Waals surface area contributed by atoms with E-state index in [-0.39, 0.29) is 6.04 Å². The number of fused-ring (bicyclic) bond motifs is 1. The van der Waals surface area contributed by atoms with Crippen molar-refractivity contribution in [2.24, 2.45) is 0 Å². The monoisotopic (exact) mass is 336 g/mol. The van der Waals surface area contributed by atoms with E-state index in [9.17, 15) is 0 Å². The molecule has 6 heteroatoms. The lowest BCUT2D eigenvalue weighted by Crippen LogP contribution is -2.12. The SMILES string of the molecule is CC(Cn1ccnc1)n1c(=S)[nH]c2ccc(Br)cc21. The Morgan fingerprint density at radius 2 is 2.32 bits per heavy atom. The maximum atomic E-state index is 5.44. The van der Waals surface area contributed by atoms with Crippen LogP contribution in [0.5, 0.6) is 0 Å². The van der Waals surface area contributed by atoms with E-state index in [2.05, 4.69) is 48.0 Å². The van der Waals surface area contributed by atoms with Crippen LogP contribution in [0.3, 0.4) is 0 Å². The van der Waals surface area contributed by atoms with E-state index >= 15 is 0 Å². The zero-order chi connectivity index (χ0) is 13.4. The second kappa shape index (κ2) is 4.94. The fourth-order valence-electron chi connectivity index (χ4n) is 2.31. The molecule has 1 atom stereocenters. The van der Waals surface area contributed by atoms with Gasteiger partial charge in [0.1, 0.15) is 0 Å². The predicted molar refractivity (Wildman–Crippen MR) is 81.8 cm³/mol. The summed E-state index contributed by atoms with van der Waals surface area (Å²) in [5, 5.41) is 0. The Hall–Kier alpha value is -1.40. The van der Waals surface area contributed by atoms with Gasteiger partial charge in [-0.05, 0) is 37.3 Å². The number of nitrogens with one attached hydrogen (secondary N) is 1. The molecule has 0 fully saturated rings. The third-order valence-corrected chi connectivity index (χ3v) is 3.95. The van der Waals surface area contributed by atoms with Gasteiger partial charge in [-0.15, -0.1) is 0 Å². The molecule has 98 valence electrons. The van der Waals surface area contributed by atoms with Gasteiger partial charge in [0.05, 0.1) is 23.4 Å². The van der Waals surface area contributed by atoms with Crippen LogP contribution in [0.4, 0.5) is 0 Å². The number of hydrogen-bond acceptors (Lipinski definition) is 2. The summed E-state index contributed by atoms with van der Waals surface area (Å²) < 4.78 is 6.01. The summed E-state index contributed by atoms with van der Waals surface area (Å²) >= 11 is 8.94. The highest BCUT2D eigenvalue weighted by atomic mass is 79.9. The summed E-state index contributed by atoms with van der Waals surface area (Å²) in [4.78, 5) is 7.31. The van der Waals surface area contributed by atoms with E-state index < -0.39 is 0 Å². The zero-order valence-electron chi connectivity index (χ0n) is 10.4. The molecule has 2 heterocycles. The molecule has 0 aliphatic heterocycles. The molecule has 19 heavy (non-hydrogen) atoms. The lowest BCUT2D eigenvalue weighted by molar-refractivity contribution is 0.470. The Bertz CT molecular complexity index is 757. The van der Waals surface area contributed by atoms with E-state index in [1.165, 1.54) is 0 Å². The third kappa shape index (κ3) is 2.37. The van der Waals surface area contributed by atoms with Gasteiger partial charge in [-0.1, -0.05) is 15.9 Å². The van der Waals surface area contributed by atoms with Crippen molar-refractivity contribution in [2.45, 2.75) is 19.5 Å². The summed E-state index contributed by atoms with van der Waals surface area (Å²) in [5.41, 5.74) is 2.18. The van der Waals surface area contributed by atoms with Crippen molar-refractivity contribution < 1.29 is 0 Å². The quantitative estimate of drug-likeness (QED) is 0.736. The van der Waals surface area contributed by atoms with Crippen molar-refractivity contribution in [3.8, 4) is 0 Å². The molecule has 0 spiro atoms. The van der Waals surface area contributed by atoms with Crippen molar-refractivity contribution in [3.05, 3.63) is 46.2 Å². The first-order valence-corrected chi connectivity index (χ1v) is 7.21. The molecule has 3 aromatic rings. The third-order valence-electron chi connectivity index (χ3n) is 3.15. The van der Waals surface area contributed by atoms with E-state index in [4.69, 9.17) is 12.2 Å². The van der Waals surface area contributed by atoms with Gasteiger partial charge in [0.25, 0.3) is 0 Å². The summed E-state index contributed by atoms with van der Waals surface area (Å²) in [6, 6.07) is 6.39. The van der Waals surface area contributed by atoms with Crippen LogP contribution in [-0.2, 0) is 6.54 Å². The van der Waals surface area contributed by atoms with Crippen LogP contribution in [0.1, 0.15) is 13.0 Å². The Morgan fingerprint density at radius 3 is 3.05 bits per heavy atom. The fourth-order valence-corrected chi connectivity index (χ4v) is 3.05. The second-order valence-corrected chi connectivity index (χ2v) is 5.87. The van der Waals surface area contributed by atoms with Crippen molar-refractivity contribution in [1.29, 1.82) is 0 Å². The van der Waals surface area contributed by atoms with Crippen LogP contribution in [0.15, 0.2) is 41.4 Å². The van der Waals surface area contributed by atoms with Crippen LogP contribution >= 0.6 is 28.1 Å². The highest BCUT2D eigenvalue weighted by Gasteiger charge is 2.11. The predicted octanol–water partition coefficient (Wildman–Crippen LogP) is 3.92. The maximum absolute atomic E-state index is 5.44. The topological polar surface area (TPSA) is 38.5 Å². The van der Waals surface area contributed by atoms with Crippen molar-refractivity contribution in [1.82, 2.24) is 19.1 Å². The molecule has 4 nitrogen and oxygen atoms in total. The molecule has 0 saturated carbocycles. The molecule has 1 N–H and O–H groups in total. The standard InChI is InChI=1S/C13H13BrN4S/c1-9(7-17-5-4-15-8-17)18-12-6-10(14)2-3-11(12)16-13(18)19/h2-6,8-9H,7H2,1H3,(H,16,19). The van der Waals surface area contributed by atoms with E-state index in [1.54, 1.807) is 6.20 Å². The minimum Gasteiger partial charge on any atom is -0.335 e. The summed E-state index contributed by atoms with van der Waals surface area (Å²) in [6.45, 7) is 3.00. The zero-order valence-corrected chi connectivity index (χ0v) is 12.8. The molecular weight excluding hydrogens is 324 g/mol. The number of hydrogen-bond donors (Lipinski definition) is 1.